The molecule has 0 radical (unpaired) electrons. The van der Waals surface area contributed by atoms with Gasteiger partial charge in [-0.3, -0.25) is 13.9 Å². The van der Waals surface area contributed by atoms with Crippen LogP contribution in [0.4, 0.5) is 10.1 Å². The first-order valence-electron chi connectivity index (χ1n) is 14.1. The molecule has 1 atom stereocenters. The van der Waals surface area contributed by atoms with Crippen LogP contribution in [0, 0.1) is 5.82 Å². The lowest BCUT2D eigenvalue weighted by molar-refractivity contribution is -0.140. The van der Waals surface area contributed by atoms with Crippen LogP contribution in [-0.2, 0) is 32.6 Å². The molecule has 0 unspecified atom stereocenters. The number of hydrogen-bond acceptors (Lipinski definition) is 4. The van der Waals surface area contributed by atoms with Gasteiger partial charge >= 0.3 is 0 Å². The molecule has 4 aromatic carbocycles. The first-order valence-corrected chi connectivity index (χ1v) is 15.9. The first-order chi connectivity index (χ1) is 20.8. The highest BCUT2D eigenvalue weighted by Gasteiger charge is 2.35. The molecule has 0 aliphatic heterocycles. The van der Waals surface area contributed by atoms with E-state index in [9.17, 15) is 22.4 Å². The van der Waals surface area contributed by atoms with Crippen LogP contribution in [0.2, 0.25) is 5.02 Å². The van der Waals surface area contributed by atoms with Crippen LogP contribution in [-0.4, -0.2) is 43.3 Å². The Morgan fingerprint density at radius 2 is 1.39 bits per heavy atom. The van der Waals surface area contributed by atoms with Gasteiger partial charge in [0.05, 0.1) is 15.6 Å². The summed E-state index contributed by atoms with van der Waals surface area (Å²) in [6.07, 6.45) is 0.190. The monoisotopic (exact) mass is 635 g/mol. The van der Waals surface area contributed by atoms with Gasteiger partial charge in [0.2, 0.25) is 11.8 Å². The molecule has 0 spiro atoms. The molecule has 0 bridgehead atoms. The van der Waals surface area contributed by atoms with E-state index in [1.165, 1.54) is 29.2 Å². The number of nitrogens with one attached hydrogen (secondary N) is 1. The summed E-state index contributed by atoms with van der Waals surface area (Å²) in [6.45, 7) is 4.92. The zero-order chi connectivity index (χ0) is 31.9. The highest BCUT2D eigenvalue weighted by atomic mass is 35.5. The third-order valence-electron chi connectivity index (χ3n) is 6.77. The zero-order valence-corrected chi connectivity index (χ0v) is 26.4. The van der Waals surface area contributed by atoms with E-state index < -0.39 is 39.9 Å². The summed E-state index contributed by atoms with van der Waals surface area (Å²) in [5.41, 5.74) is 0.990. The van der Waals surface area contributed by atoms with E-state index in [-0.39, 0.29) is 34.5 Å². The number of benzene rings is 4. The van der Waals surface area contributed by atoms with Gasteiger partial charge in [-0.25, -0.2) is 12.8 Å². The quantitative estimate of drug-likeness (QED) is 0.212. The second kappa shape index (κ2) is 14.1. The standard InChI is InChI=1S/C34H35ClFN3O4S/c1-34(2,3)37-33(41)31(21-25-13-7-4-8-14-25)38(23-26-15-9-5-10-16-26)32(40)24-39(27-19-20-30(36)29(35)22-27)44(42,43)28-17-11-6-12-18-28/h4-20,22,31H,21,23-24H2,1-3H3,(H,37,41)/t31-/m0/s1. The van der Waals surface area contributed by atoms with Crippen molar-refractivity contribution < 1.29 is 22.4 Å². The third kappa shape index (κ3) is 8.45. The van der Waals surface area contributed by atoms with E-state index >= 15 is 0 Å². The number of sulfonamides is 1. The Labute approximate surface area is 263 Å². The lowest BCUT2D eigenvalue weighted by Crippen LogP contribution is -2.56. The molecule has 230 valence electrons. The fourth-order valence-electron chi connectivity index (χ4n) is 4.68. The number of anilines is 1. The SMILES string of the molecule is CC(C)(C)NC(=O)[C@H](Cc1ccccc1)N(Cc1ccccc1)C(=O)CN(c1ccc(F)c(Cl)c1)S(=O)(=O)c1ccccc1. The number of nitrogens with zero attached hydrogens (tertiary/aromatic N) is 2. The molecule has 0 heterocycles. The fourth-order valence-corrected chi connectivity index (χ4v) is 6.28. The summed E-state index contributed by atoms with van der Waals surface area (Å²) in [5.74, 6) is -1.74. The lowest BCUT2D eigenvalue weighted by atomic mass is 10.0. The van der Waals surface area contributed by atoms with E-state index in [1.807, 2.05) is 81.4 Å². The second-order valence-electron chi connectivity index (χ2n) is 11.4. The summed E-state index contributed by atoms with van der Waals surface area (Å²) in [4.78, 5) is 29.6. The van der Waals surface area contributed by atoms with Crippen molar-refractivity contribution in [3.8, 4) is 0 Å². The molecule has 4 rings (SSSR count). The Balaban J connectivity index is 1.81. The van der Waals surface area contributed by atoms with Crippen molar-refractivity contribution in [1.29, 1.82) is 0 Å². The maximum Gasteiger partial charge on any atom is 0.264 e. The zero-order valence-electron chi connectivity index (χ0n) is 24.8. The first kappa shape index (κ1) is 32.7. The van der Waals surface area contributed by atoms with Gasteiger partial charge in [0.15, 0.2) is 0 Å². The van der Waals surface area contributed by atoms with Gasteiger partial charge in [-0.2, -0.15) is 0 Å². The lowest BCUT2D eigenvalue weighted by Gasteiger charge is -2.35. The van der Waals surface area contributed by atoms with Gasteiger partial charge in [0, 0.05) is 18.5 Å². The van der Waals surface area contributed by atoms with Crippen molar-refractivity contribution in [2.45, 2.75) is 50.2 Å². The predicted octanol–water partition coefficient (Wildman–Crippen LogP) is 6.23. The Morgan fingerprint density at radius 1 is 0.841 bits per heavy atom. The van der Waals surface area contributed by atoms with Crippen molar-refractivity contribution in [2.75, 3.05) is 10.8 Å². The normalized spacial score (nSPS) is 12.3. The molecule has 0 aliphatic rings. The van der Waals surface area contributed by atoms with Crippen LogP contribution in [0.15, 0.2) is 114 Å². The van der Waals surface area contributed by atoms with Crippen LogP contribution in [0.25, 0.3) is 0 Å². The van der Waals surface area contributed by atoms with Crippen molar-refractivity contribution in [3.63, 3.8) is 0 Å². The Kier molecular flexibility index (Phi) is 10.4. The summed E-state index contributed by atoms with van der Waals surface area (Å²) < 4.78 is 43.0. The average Bonchev–Trinajstić information content (AvgIpc) is 2.99. The van der Waals surface area contributed by atoms with E-state index in [2.05, 4.69) is 5.32 Å². The summed E-state index contributed by atoms with van der Waals surface area (Å²) in [6, 6.07) is 28.6. The van der Waals surface area contributed by atoms with Gasteiger partial charge in [-0.15, -0.1) is 0 Å². The summed E-state index contributed by atoms with van der Waals surface area (Å²) in [5, 5.41) is 2.70. The van der Waals surface area contributed by atoms with E-state index in [0.29, 0.717) is 0 Å². The Hall–Kier alpha value is -4.21. The maximum atomic E-state index is 14.4. The maximum absolute atomic E-state index is 14.4. The topological polar surface area (TPSA) is 86.8 Å². The Bertz CT molecular complexity index is 1680. The predicted molar refractivity (Wildman–Crippen MR) is 171 cm³/mol. The van der Waals surface area contributed by atoms with Gasteiger partial charge in [0.25, 0.3) is 10.0 Å². The van der Waals surface area contributed by atoms with Gasteiger partial charge in [-0.1, -0.05) is 90.5 Å². The highest BCUT2D eigenvalue weighted by molar-refractivity contribution is 7.92. The van der Waals surface area contributed by atoms with Crippen LogP contribution in [0.5, 0.6) is 0 Å². The van der Waals surface area contributed by atoms with Crippen LogP contribution in [0.1, 0.15) is 31.9 Å². The van der Waals surface area contributed by atoms with E-state index in [1.54, 1.807) is 18.2 Å². The summed E-state index contributed by atoms with van der Waals surface area (Å²) >= 11 is 6.06. The number of carbonyl (C=O) groups is 2. The number of carbonyl (C=O) groups excluding carboxylic acids is 2. The molecule has 2 amide bonds. The van der Waals surface area contributed by atoms with Crippen molar-refractivity contribution in [2.24, 2.45) is 0 Å². The summed E-state index contributed by atoms with van der Waals surface area (Å²) in [7, 11) is -4.31. The second-order valence-corrected chi connectivity index (χ2v) is 13.6. The minimum absolute atomic E-state index is 0.00650. The minimum Gasteiger partial charge on any atom is -0.350 e. The van der Waals surface area contributed by atoms with Crippen LogP contribution in [0.3, 0.4) is 0 Å². The van der Waals surface area contributed by atoms with Crippen molar-refractivity contribution in [3.05, 3.63) is 131 Å². The average molecular weight is 636 g/mol. The number of amides is 2. The van der Waals surface area contributed by atoms with Crippen LogP contribution >= 0.6 is 11.6 Å². The molecule has 0 saturated heterocycles. The van der Waals surface area contributed by atoms with Crippen molar-refractivity contribution >= 4 is 39.1 Å². The van der Waals surface area contributed by atoms with Gasteiger partial charge in [0.1, 0.15) is 18.4 Å². The molecular formula is C34H35ClFN3O4S. The molecule has 0 fully saturated rings. The highest BCUT2D eigenvalue weighted by Crippen LogP contribution is 2.28. The number of halogens is 2. The molecule has 4 aromatic rings. The molecule has 0 aromatic heterocycles. The molecule has 7 nitrogen and oxygen atoms in total. The van der Waals surface area contributed by atoms with Crippen molar-refractivity contribution in [1.82, 2.24) is 10.2 Å². The largest absolute Gasteiger partial charge is 0.350 e. The fraction of sp³-hybridized carbons (Fsp3) is 0.235. The minimum atomic E-state index is -4.31. The smallest absolute Gasteiger partial charge is 0.264 e. The van der Waals surface area contributed by atoms with Crippen LogP contribution < -0.4 is 9.62 Å². The van der Waals surface area contributed by atoms with E-state index in [4.69, 9.17) is 11.6 Å². The third-order valence-corrected chi connectivity index (χ3v) is 8.84. The van der Waals surface area contributed by atoms with Gasteiger partial charge < -0.3 is 10.2 Å². The molecule has 0 saturated carbocycles. The van der Waals surface area contributed by atoms with Gasteiger partial charge in [-0.05, 0) is 62.2 Å². The molecule has 10 heteroatoms. The van der Waals surface area contributed by atoms with E-state index in [0.717, 1.165) is 21.5 Å². The molecule has 44 heavy (non-hydrogen) atoms. The molecule has 0 aliphatic carbocycles. The molecule has 1 N–H and O–H groups in total. The number of hydrogen-bond donors (Lipinski definition) is 1. The Morgan fingerprint density at radius 3 is 1.93 bits per heavy atom. The molecular weight excluding hydrogens is 601 g/mol. The number of rotatable bonds is 11.